The van der Waals surface area contributed by atoms with Crippen molar-refractivity contribution >= 4 is 17.4 Å². The Hall–Kier alpha value is -0.800. The van der Waals surface area contributed by atoms with Crippen molar-refractivity contribution in [1.82, 2.24) is 4.98 Å². The lowest BCUT2D eigenvalue weighted by Crippen LogP contribution is -2.36. The summed E-state index contributed by atoms with van der Waals surface area (Å²) in [4.78, 5) is 6.33. The van der Waals surface area contributed by atoms with Gasteiger partial charge < -0.3 is 9.64 Å². The van der Waals surface area contributed by atoms with Crippen LogP contribution in [0.4, 0.5) is 5.82 Å². The Labute approximate surface area is 82.3 Å². The van der Waals surface area contributed by atoms with Gasteiger partial charge in [0.05, 0.1) is 13.2 Å². The number of morpholine rings is 1. The summed E-state index contributed by atoms with van der Waals surface area (Å²) in [6.07, 6.45) is 0. The Morgan fingerprint density at radius 3 is 2.92 bits per heavy atom. The molecule has 2 heterocycles. The summed E-state index contributed by atoms with van der Waals surface area (Å²) in [5, 5.41) is 0.420. The highest BCUT2D eigenvalue weighted by Crippen LogP contribution is 2.14. The average Bonchev–Trinajstić information content (AvgIpc) is 2.19. The lowest BCUT2D eigenvalue weighted by atomic mass is 10.4. The zero-order valence-corrected chi connectivity index (χ0v) is 7.92. The third kappa shape index (κ3) is 2.11. The van der Waals surface area contributed by atoms with E-state index in [9.17, 15) is 0 Å². The quantitative estimate of drug-likeness (QED) is 0.636. The van der Waals surface area contributed by atoms with Crippen LogP contribution in [0.5, 0.6) is 0 Å². The van der Waals surface area contributed by atoms with Crippen molar-refractivity contribution in [2.45, 2.75) is 0 Å². The van der Waals surface area contributed by atoms with Crippen LogP contribution in [-0.4, -0.2) is 31.3 Å². The summed E-state index contributed by atoms with van der Waals surface area (Å²) in [5.41, 5.74) is 0. The van der Waals surface area contributed by atoms with E-state index in [1.807, 2.05) is 6.07 Å². The molecule has 2 rings (SSSR count). The fourth-order valence-electron chi connectivity index (χ4n) is 1.32. The van der Waals surface area contributed by atoms with Gasteiger partial charge in [-0.25, -0.2) is 4.98 Å². The average molecular weight is 198 g/mol. The first-order valence-electron chi connectivity index (χ1n) is 4.23. The Bertz CT molecular complexity index is 287. The highest BCUT2D eigenvalue weighted by Gasteiger charge is 2.11. The predicted molar refractivity (Wildman–Crippen MR) is 51.1 cm³/mol. The van der Waals surface area contributed by atoms with Crippen molar-refractivity contribution in [1.29, 1.82) is 0 Å². The van der Waals surface area contributed by atoms with E-state index in [1.54, 1.807) is 6.07 Å². The number of nitrogens with zero attached hydrogens (tertiary/aromatic N) is 2. The van der Waals surface area contributed by atoms with Crippen molar-refractivity contribution in [2.75, 3.05) is 31.2 Å². The van der Waals surface area contributed by atoms with E-state index in [-0.39, 0.29) is 0 Å². The number of anilines is 1. The van der Waals surface area contributed by atoms with Crippen LogP contribution in [0.15, 0.2) is 12.1 Å². The summed E-state index contributed by atoms with van der Waals surface area (Å²) in [6, 6.07) is 6.51. The standard InChI is InChI=1S/C9H10ClN2O/c10-8-2-1-3-9(11-8)12-4-6-13-7-5-12/h1,3H,4-7H2. The number of hydrogen-bond acceptors (Lipinski definition) is 3. The first kappa shape index (κ1) is 8.78. The summed E-state index contributed by atoms with van der Waals surface area (Å²) in [6.45, 7) is 3.29. The van der Waals surface area contributed by atoms with Gasteiger partial charge in [0.1, 0.15) is 11.0 Å². The maximum absolute atomic E-state index is 5.74. The molecule has 69 valence electrons. The van der Waals surface area contributed by atoms with Crippen LogP contribution in [0.1, 0.15) is 0 Å². The van der Waals surface area contributed by atoms with Crippen molar-refractivity contribution < 1.29 is 4.74 Å². The molecule has 1 aliphatic heterocycles. The molecule has 0 aliphatic carbocycles. The lowest BCUT2D eigenvalue weighted by Gasteiger charge is -2.27. The zero-order chi connectivity index (χ0) is 9.10. The van der Waals surface area contributed by atoms with Gasteiger partial charge in [-0.2, -0.15) is 0 Å². The number of ether oxygens (including phenoxy) is 1. The highest BCUT2D eigenvalue weighted by molar-refractivity contribution is 6.29. The molecule has 0 unspecified atom stereocenters. The minimum Gasteiger partial charge on any atom is -0.378 e. The highest BCUT2D eigenvalue weighted by atomic mass is 35.5. The van der Waals surface area contributed by atoms with Gasteiger partial charge in [0.2, 0.25) is 0 Å². The smallest absolute Gasteiger partial charge is 0.139 e. The maximum Gasteiger partial charge on any atom is 0.139 e. The SMILES string of the molecule is Clc1[c]ccc(N2CCOCC2)n1. The molecule has 0 amide bonds. The second kappa shape index (κ2) is 3.94. The van der Waals surface area contributed by atoms with Gasteiger partial charge in [0.15, 0.2) is 0 Å². The van der Waals surface area contributed by atoms with Crippen LogP contribution in [0.2, 0.25) is 5.15 Å². The molecule has 3 nitrogen and oxygen atoms in total. The molecular formula is C9H10ClN2O. The second-order valence-corrected chi connectivity index (χ2v) is 3.20. The maximum atomic E-state index is 5.74. The van der Waals surface area contributed by atoms with E-state index in [0.29, 0.717) is 5.15 Å². The van der Waals surface area contributed by atoms with E-state index in [2.05, 4.69) is 16.0 Å². The molecule has 1 radical (unpaired) electrons. The fraction of sp³-hybridized carbons (Fsp3) is 0.444. The molecule has 13 heavy (non-hydrogen) atoms. The monoisotopic (exact) mass is 197 g/mol. The Morgan fingerprint density at radius 1 is 1.46 bits per heavy atom. The molecule has 0 N–H and O–H groups in total. The third-order valence-electron chi connectivity index (χ3n) is 1.98. The summed E-state index contributed by atoms with van der Waals surface area (Å²) in [7, 11) is 0. The molecule has 0 saturated carbocycles. The number of pyridine rings is 1. The minimum atomic E-state index is 0.420. The van der Waals surface area contributed by atoms with E-state index in [4.69, 9.17) is 16.3 Å². The van der Waals surface area contributed by atoms with Crippen LogP contribution in [0.25, 0.3) is 0 Å². The predicted octanol–water partition coefficient (Wildman–Crippen LogP) is 1.37. The Balaban J connectivity index is 2.14. The van der Waals surface area contributed by atoms with Crippen LogP contribution >= 0.6 is 11.6 Å². The number of aromatic nitrogens is 1. The topological polar surface area (TPSA) is 25.4 Å². The van der Waals surface area contributed by atoms with Crippen molar-refractivity contribution in [3.8, 4) is 0 Å². The van der Waals surface area contributed by atoms with E-state index < -0.39 is 0 Å². The molecule has 1 aromatic rings. The number of halogens is 1. The molecule has 0 atom stereocenters. The van der Waals surface area contributed by atoms with Gasteiger partial charge in [-0.3, -0.25) is 0 Å². The van der Waals surface area contributed by atoms with Gasteiger partial charge in [0, 0.05) is 19.2 Å². The molecule has 1 aliphatic rings. The van der Waals surface area contributed by atoms with E-state index in [1.165, 1.54) is 0 Å². The van der Waals surface area contributed by atoms with Crippen molar-refractivity contribution in [3.63, 3.8) is 0 Å². The lowest BCUT2D eigenvalue weighted by molar-refractivity contribution is 0.122. The van der Waals surface area contributed by atoms with Crippen molar-refractivity contribution in [2.24, 2.45) is 0 Å². The summed E-state index contributed by atoms with van der Waals surface area (Å²) in [5.74, 6) is 0.909. The summed E-state index contributed by atoms with van der Waals surface area (Å²) >= 11 is 5.74. The molecule has 0 bridgehead atoms. The van der Waals surface area contributed by atoms with Crippen LogP contribution in [-0.2, 0) is 4.74 Å². The molecule has 1 saturated heterocycles. The molecule has 0 spiro atoms. The zero-order valence-electron chi connectivity index (χ0n) is 7.16. The first-order valence-corrected chi connectivity index (χ1v) is 4.61. The molecule has 0 aromatic carbocycles. The number of rotatable bonds is 1. The van der Waals surface area contributed by atoms with Gasteiger partial charge in [-0.1, -0.05) is 11.6 Å². The molecule has 1 aromatic heterocycles. The fourth-order valence-corrected chi connectivity index (χ4v) is 1.47. The minimum absolute atomic E-state index is 0.420. The van der Waals surface area contributed by atoms with Gasteiger partial charge in [0.25, 0.3) is 0 Å². The van der Waals surface area contributed by atoms with Gasteiger partial charge in [-0.05, 0) is 12.1 Å². The normalized spacial score (nSPS) is 17.5. The largest absolute Gasteiger partial charge is 0.378 e. The Morgan fingerprint density at radius 2 is 2.23 bits per heavy atom. The van der Waals surface area contributed by atoms with Gasteiger partial charge in [-0.15, -0.1) is 0 Å². The van der Waals surface area contributed by atoms with E-state index in [0.717, 1.165) is 32.1 Å². The van der Waals surface area contributed by atoms with Crippen LogP contribution < -0.4 is 4.90 Å². The number of hydrogen-bond donors (Lipinski definition) is 0. The Kier molecular flexibility index (Phi) is 2.66. The summed E-state index contributed by atoms with van der Waals surface area (Å²) < 4.78 is 5.24. The van der Waals surface area contributed by atoms with Crippen LogP contribution in [0.3, 0.4) is 0 Å². The molecular weight excluding hydrogens is 188 g/mol. The van der Waals surface area contributed by atoms with Crippen LogP contribution in [0, 0.1) is 6.07 Å². The molecule has 1 fully saturated rings. The third-order valence-corrected chi connectivity index (χ3v) is 2.18. The van der Waals surface area contributed by atoms with Crippen molar-refractivity contribution in [3.05, 3.63) is 23.4 Å². The molecule has 4 heteroatoms. The van der Waals surface area contributed by atoms with Gasteiger partial charge >= 0.3 is 0 Å². The second-order valence-electron chi connectivity index (χ2n) is 2.84. The van der Waals surface area contributed by atoms with E-state index >= 15 is 0 Å². The first-order chi connectivity index (χ1) is 6.36.